The van der Waals surface area contributed by atoms with E-state index in [1.807, 2.05) is 60.7 Å². The summed E-state index contributed by atoms with van der Waals surface area (Å²) in [6, 6.07) is 36.5. The van der Waals surface area contributed by atoms with E-state index in [-0.39, 0.29) is 40.5 Å². The average Bonchev–Trinajstić information content (AvgIpc) is 3.10. The lowest BCUT2D eigenvalue weighted by atomic mass is 9.85. The summed E-state index contributed by atoms with van der Waals surface area (Å²) in [5.41, 5.74) is 4.99. The Balaban J connectivity index is 1.45. The van der Waals surface area contributed by atoms with E-state index >= 15 is 0 Å². The minimum absolute atomic E-state index is 0.0488. The summed E-state index contributed by atoms with van der Waals surface area (Å²) in [6.45, 7) is 0. The lowest BCUT2D eigenvalue weighted by Crippen LogP contribution is -1.91. The van der Waals surface area contributed by atoms with Crippen molar-refractivity contribution in [1.82, 2.24) is 0 Å². The summed E-state index contributed by atoms with van der Waals surface area (Å²) >= 11 is 0. The van der Waals surface area contributed by atoms with Crippen LogP contribution >= 0.6 is 0 Å². The van der Waals surface area contributed by atoms with Crippen molar-refractivity contribution in [2.75, 3.05) is 0 Å². The van der Waals surface area contributed by atoms with Crippen LogP contribution < -0.4 is 0 Å². The monoisotopic (exact) mass is 513 g/mol. The molecule has 8 rings (SSSR count). The maximum atomic E-state index is 9.32. The standard InChI is InChI=1S/C40H26/c1-3-12-29-24-32(22-20-27(29)10-1)31-14-9-15-33(26-31)39-35-16-5-7-18-37(35)40(38-19-8-6-17-36(38)39)34-23-21-28-11-2-4-13-30(28)25-34/h1-26H/i2D,4D,11D,13D,21D,23D,25D. The quantitative estimate of drug-likeness (QED) is 0.206. The number of fused-ring (bicyclic) bond motifs is 4. The number of benzene rings is 8. The summed E-state index contributed by atoms with van der Waals surface area (Å²) in [7, 11) is 0. The second kappa shape index (κ2) is 9.22. The molecule has 0 unspecified atom stereocenters. The maximum absolute atomic E-state index is 9.32. The fourth-order valence-corrected chi connectivity index (χ4v) is 5.84. The first-order valence-corrected chi connectivity index (χ1v) is 13.3. The Morgan fingerprint density at radius 2 is 0.925 bits per heavy atom. The van der Waals surface area contributed by atoms with Gasteiger partial charge in [0.05, 0.1) is 9.60 Å². The lowest BCUT2D eigenvalue weighted by molar-refractivity contribution is 1.63. The largest absolute Gasteiger partial charge is 0.0636 e. The molecule has 8 aromatic carbocycles. The predicted molar refractivity (Wildman–Crippen MR) is 173 cm³/mol. The molecular formula is C40H26. The average molecular weight is 514 g/mol. The van der Waals surface area contributed by atoms with Crippen LogP contribution in [0.1, 0.15) is 9.60 Å². The normalized spacial score (nSPS) is 13.9. The van der Waals surface area contributed by atoms with Gasteiger partial charge in [-0.25, -0.2) is 0 Å². The van der Waals surface area contributed by atoms with Crippen LogP contribution in [0.4, 0.5) is 0 Å². The molecule has 8 aromatic rings. The molecular weight excluding hydrogens is 480 g/mol. The molecule has 40 heavy (non-hydrogen) atoms. The third kappa shape index (κ3) is 3.69. The maximum Gasteiger partial charge on any atom is 0.0636 e. The lowest BCUT2D eigenvalue weighted by Gasteiger charge is -2.18. The molecule has 0 saturated carbocycles. The zero-order valence-electron chi connectivity index (χ0n) is 28.5. The fraction of sp³-hybridized carbons (Fsp3) is 0. The van der Waals surface area contributed by atoms with Crippen LogP contribution in [0.2, 0.25) is 0 Å². The SMILES string of the molecule is [2H]c1c([2H])c([2H])c2c([2H])c(-c3c4ccccc4c(-c4cccc(-c5ccc6ccccc6c5)c4)c4ccccc34)c([2H])c([2H])c2c1[2H]. The highest BCUT2D eigenvalue weighted by molar-refractivity contribution is 6.21. The molecule has 0 aliphatic rings. The van der Waals surface area contributed by atoms with Gasteiger partial charge in [0, 0.05) is 0 Å². The summed E-state index contributed by atoms with van der Waals surface area (Å²) in [4.78, 5) is 0. The number of rotatable bonds is 3. The zero-order chi connectivity index (χ0) is 32.6. The number of hydrogen-bond acceptors (Lipinski definition) is 0. The van der Waals surface area contributed by atoms with Crippen LogP contribution in [0, 0.1) is 0 Å². The smallest absolute Gasteiger partial charge is 0.0616 e. The van der Waals surface area contributed by atoms with Gasteiger partial charge in [-0.1, -0.05) is 139 Å². The van der Waals surface area contributed by atoms with Crippen molar-refractivity contribution in [1.29, 1.82) is 0 Å². The van der Waals surface area contributed by atoms with Crippen LogP contribution in [0.15, 0.2) is 158 Å². The molecule has 0 aliphatic heterocycles. The topological polar surface area (TPSA) is 0 Å². The Morgan fingerprint density at radius 3 is 1.65 bits per heavy atom. The van der Waals surface area contributed by atoms with Crippen LogP contribution in [0.5, 0.6) is 0 Å². The van der Waals surface area contributed by atoms with Crippen molar-refractivity contribution in [3.63, 3.8) is 0 Å². The van der Waals surface area contributed by atoms with Crippen LogP contribution in [0.3, 0.4) is 0 Å². The third-order valence-electron chi connectivity index (χ3n) is 7.67. The molecule has 186 valence electrons. The van der Waals surface area contributed by atoms with Gasteiger partial charge >= 0.3 is 0 Å². The molecule has 0 aromatic heterocycles. The van der Waals surface area contributed by atoms with Crippen LogP contribution in [0.25, 0.3) is 76.5 Å². The van der Waals surface area contributed by atoms with E-state index in [2.05, 4.69) is 54.6 Å². The van der Waals surface area contributed by atoms with Gasteiger partial charge in [-0.15, -0.1) is 0 Å². The van der Waals surface area contributed by atoms with E-state index in [9.17, 15) is 1.37 Å². The minimum atomic E-state index is -0.478. The first kappa shape index (κ1) is 16.7. The third-order valence-corrected chi connectivity index (χ3v) is 7.67. The summed E-state index contributed by atoms with van der Waals surface area (Å²) in [6.07, 6.45) is 0. The molecule has 0 heterocycles. The highest BCUT2D eigenvalue weighted by atomic mass is 14.2. The van der Waals surface area contributed by atoms with Crippen molar-refractivity contribution < 1.29 is 9.60 Å². The van der Waals surface area contributed by atoms with Crippen molar-refractivity contribution in [2.24, 2.45) is 0 Å². The van der Waals surface area contributed by atoms with Gasteiger partial charge in [0.25, 0.3) is 0 Å². The van der Waals surface area contributed by atoms with Gasteiger partial charge in [0.15, 0.2) is 0 Å². The first-order valence-electron chi connectivity index (χ1n) is 16.8. The Kier molecular flexibility index (Phi) is 3.85. The predicted octanol–water partition coefficient (Wildman–Crippen LogP) is 11.3. The molecule has 0 atom stereocenters. The van der Waals surface area contributed by atoms with E-state index in [4.69, 9.17) is 8.22 Å². The molecule has 0 heteroatoms. The van der Waals surface area contributed by atoms with E-state index in [1.54, 1.807) is 0 Å². The zero-order valence-corrected chi connectivity index (χ0v) is 21.5. The van der Waals surface area contributed by atoms with Gasteiger partial charge in [-0.3, -0.25) is 0 Å². The van der Waals surface area contributed by atoms with Gasteiger partial charge in [-0.2, -0.15) is 0 Å². The highest BCUT2D eigenvalue weighted by Crippen LogP contribution is 2.44. The molecule has 0 saturated heterocycles. The van der Waals surface area contributed by atoms with E-state index in [1.165, 1.54) is 10.8 Å². The Morgan fingerprint density at radius 1 is 0.350 bits per heavy atom. The highest BCUT2D eigenvalue weighted by Gasteiger charge is 2.17. The van der Waals surface area contributed by atoms with E-state index in [0.717, 1.165) is 43.8 Å². The molecule has 0 spiro atoms. The second-order valence-electron chi connectivity index (χ2n) is 9.98. The second-order valence-corrected chi connectivity index (χ2v) is 9.98. The Hall–Kier alpha value is -5.20. The first-order chi connectivity index (χ1) is 22.8. The van der Waals surface area contributed by atoms with Crippen molar-refractivity contribution >= 4 is 43.1 Å². The summed E-state index contributed by atoms with van der Waals surface area (Å²) in [5, 5.41) is 5.61. The van der Waals surface area contributed by atoms with Crippen molar-refractivity contribution in [2.45, 2.75) is 0 Å². The van der Waals surface area contributed by atoms with E-state index < -0.39 is 18.1 Å². The number of hydrogen-bond donors (Lipinski definition) is 0. The molecule has 0 fully saturated rings. The van der Waals surface area contributed by atoms with Gasteiger partial charge in [0.1, 0.15) is 0 Å². The molecule has 0 radical (unpaired) electrons. The van der Waals surface area contributed by atoms with Crippen molar-refractivity contribution in [3.8, 4) is 33.4 Å². The molecule has 0 nitrogen and oxygen atoms in total. The summed E-state index contributed by atoms with van der Waals surface area (Å²) in [5.74, 6) is 0. The van der Waals surface area contributed by atoms with Gasteiger partial charge < -0.3 is 0 Å². The minimum Gasteiger partial charge on any atom is -0.0616 e. The van der Waals surface area contributed by atoms with Gasteiger partial charge in [-0.05, 0) is 94.6 Å². The fourth-order valence-electron chi connectivity index (χ4n) is 5.84. The molecule has 0 amide bonds. The van der Waals surface area contributed by atoms with Gasteiger partial charge in [0.2, 0.25) is 0 Å². The summed E-state index contributed by atoms with van der Waals surface area (Å²) < 4.78 is 60.9. The molecule has 0 aliphatic carbocycles. The Labute approximate surface area is 243 Å². The van der Waals surface area contributed by atoms with Crippen LogP contribution in [-0.4, -0.2) is 0 Å². The van der Waals surface area contributed by atoms with Crippen LogP contribution in [-0.2, 0) is 0 Å². The Bertz CT molecular complexity index is 2550. The van der Waals surface area contributed by atoms with Crippen molar-refractivity contribution in [3.05, 3.63) is 158 Å². The van der Waals surface area contributed by atoms with E-state index in [0.29, 0.717) is 5.56 Å². The molecule has 0 bridgehead atoms. The molecule has 0 N–H and O–H groups in total.